The highest BCUT2D eigenvalue weighted by molar-refractivity contribution is 5.83. The first kappa shape index (κ1) is 22.7. The number of aromatic amines is 2. The van der Waals surface area contributed by atoms with E-state index in [9.17, 15) is 4.39 Å². The van der Waals surface area contributed by atoms with Crippen LogP contribution >= 0.6 is 0 Å². The Morgan fingerprint density at radius 3 is 2.58 bits per heavy atom. The predicted octanol–water partition coefficient (Wildman–Crippen LogP) is 4.82. The Kier molecular flexibility index (Phi) is 5.71. The molecule has 2 fully saturated rings. The topological polar surface area (TPSA) is 98.0 Å². The van der Waals surface area contributed by atoms with Crippen molar-refractivity contribution in [3.63, 3.8) is 0 Å². The van der Waals surface area contributed by atoms with E-state index in [2.05, 4.69) is 47.3 Å². The molecule has 0 amide bonds. The maximum absolute atomic E-state index is 15.2. The number of fused-ring (bicyclic) bond motifs is 1. The first-order chi connectivity index (χ1) is 17.4. The molecule has 4 heterocycles. The van der Waals surface area contributed by atoms with E-state index in [1.165, 1.54) is 12.5 Å². The molecule has 3 aromatic heterocycles. The molecule has 1 saturated carbocycles. The lowest BCUT2D eigenvalue weighted by Gasteiger charge is -2.33. The van der Waals surface area contributed by atoms with E-state index >= 15 is 4.39 Å². The molecule has 36 heavy (non-hydrogen) atoms. The van der Waals surface area contributed by atoms with Crippen molar-refractivity contribution in [2.45, 2.75) is 32.1 Å². The number of nitrogens with one attached hydrogen (secondary N) is 3. The van der Waals surface area contributed by atoms with Gasteiger partial charge in [0.05, 0.1) is 5.52 Å². The fourth-order valence-corrected chi connectivity index (χ4v) is 4.69. The fraction of sp³-hybridized carbons (Fsp3) is 0.400. The minimum atomic E-state index is -0.831. The number of hydrogen-bond donors (Lipinski definition) is 3. The summed E-state index contributed by atoms with van der Waals surface area (Å²) in [6, 6.07) is 6.47. The second-order valence-corrected chi connectivity index (χ2v) is 9.66. The second-order valence-electron chi connectivity index (χ2n) is 9.66. The van der Waals surface area contributed by atoms with Crippen LogP contribution in [-0.2, 0) is 0 Å². The van der Waals surface area contributed by atoms with Gasteiger partial charge in [0.1, 0.15) is 11.6 Å². The third-order valence-corrected chi connectivity index (χ3v) is 7.02. The summed E-state index contributed by atoms with van der Waals surface area (Å²) < 4.78 is 35.7. The van der Waals surface area contributed by atoms with Gasteiger partial charge in [-0.3, -0.25) is 5.10 Å². The van der Waals surface area contributed by atoms with Gasteiger partial charge in [-0.05, 0) is 32.9 Å². The lowest BCUT2D eigenvalue weighted by Crippen LogP contribution is -2.44. The fourth-order valence-electron chi connectivity index (χ4n) is 4.69. The van der Waals surface area contributed by atoms with Gasteiger partial charge in [0.15, 0.2) is 17.5 Å². The third kappa shape index (κ3) is 4.34. The minimum Gasteiger partial charge on any atom is -0.418 e. The van der Waals surface area contributed by atoms with Crippen LogP contribution in [0.4, 0.5) is 26.2 Å². The molecule has 3 N–H and O–H groups in total. The van der Waals surface area contributed by atoms with Crippen molar-refractivity contribution in [3.05, 3.63) is 47.3 Å². The molecule has 1 aromatic carbocycles. The molecule has 4 aromatic rings. The number of hydrogen-bond acceptors (Lipinski definition) is 7. The first-order valence-electron chi connectivity index (χ1n) is 12.2. The quantitative estimate of drug-likeness (QED) is 0.353. The molecule has 0 atom stereocenters. The summed E-state index contributed by atoms with van der Waals surface area (Å²) >= 11 is 0. The van der Waals surface area contributed by atoms with Crippen LogP contribution in [-0.4, -0.2) is 63.3 Å². The molecule has 1 saturated heterocycles. The van der Waals surface area contributed by atoms with Crippen LogP contribution in [0.25, 0.3) is 10.9 Å². The molecule has 0 unspecified atom stereocenters. The molecule has 1 aliphatic heterocycles. The number of piperazine rings is 1. The number of benzene rings is 1. The number of aromatic nitrogens is 5. The summed E-state index contributed by atoms with van der Waals surface area (Å²) in [5.41, 5.74) is 2.18. The van der Waals surface area contributed by atoms with E-state index in [-0.39, 0.29) is 11.4 Å². The minimum absolute atomic E-state index is 0.145. The van der Waals surface area contributed by atoms with Crippen molar-refractivity contribution in [2.24, 2.45) is 0 Å². The summed E-state index contributed by atoms with van der Waals surface area (Å²) in [5.74, 6) is 0.0145. The van der Waals surface area contributed by atoms with E-state index < -0.39 is 17.4 Å². The van der Waals surface area contributed by atoms with Crippen LogP contribution in [0.3, 0.4) is 0 Å². The Morgan fingerprint density at radius 2 is 1.83 bits per heavy atom. The molecule has 1 aliphatic carbocycles. The zero-order chi connectivity index (χ0) is 24.8. The van der Waals surface area contributed by atoms with Crippen LogP contribution in [0.1, 0.15) is 36.6 Å². The van der Waals surface area contributed by atoms with E-state index in [4.69, 9.17) is 4.74 Å². The molecular weight excluding hydrogens is 466 g/mol. The largest absolute Gasteiger partial charge is 0.418 e. The highest BCUT2D eigenvalue weighted by Gasteiger charge is 2.23. The lowest BCUT2D eigenvalue weighted by molar-refractivity contribution is 0.311. The SMILES string of the molecule is Cc1cc2c(F)c(Oc3nc(Nc4cc(C5CCC5)[nH]n4)cc(N4CCN(C)CC4)n3)c(F)cc2[nH]1. The number of ether oxygens (including phenoxy) is 1. The van der Waals surface area contributed by atoms with Gasteiger partial charge in [-0.1, -0.05) is 6.42 Å². The lowest BCUT2D eigenvalue weighted by atomic mass is 9.83. The highest BCUT2D eigenvalue weighted by Crippen LogP contribution is 2.37. The van der Waals surface area contributed by atoms with Crippen molar-refractivity contribution >= 4 is 28.4 Å². The number of aryl methyl sites for hydroxylation is 1. The van der Waals surface area contributed by atoms with E-state index in [0.717, 1.165) is 50.4 Å². The van der Waals surface area contributed by atoms with E-state index in [1.807, 2.05) is 6.07 Å². The van der Waals surface area contributed by atoms with Crippen LogP contribution in [0.2, 0.25) is 0 Å². The van der Waals surface area contributed by atoms with Gasteiger partial charge in [0, 0.05) is 67.1 Å². The van der Waals surface area contributed by atoms with Gasteiger partial charge in [0.25, 0.3) is 0 Å². The maximum atomic E-state index is 15.2. The van der Waals surface area contributed by atoms with E-state index in [0.29, 0.717) is 28.9 Å². The second kappa shape index (κ2) is 9.05. The van der Waals surface area contributed by atoms with Gasteiger partial charge < -0.3 is 24.8 Å². The molecular formula is C25H28F2N8O. The number of H-pyrrole nitrogens is 2. The zero-order valence-electron chi connectivity index (χ0n) is 20.2. The average molecular weight is 495 g/mol. The Hall–Kier alpha value is -3.73. The number of likely N-dealkylation sites (N-methyl/N-ethyl adjacent to an activating group) is 1. The predicted molar refractivity (Wildman–Crippen MR) is 133 cm³/mol. The normalized spacial score (nSPS) is 16.9. The molecule has 188 valence electrons. The van der Waals surface area contributed by atoms with Crippen molar-refractivity contribution < 1.29 is 13.5 Å². The van der Waals surface area contributed by atoms with E-state index in [1.54, 1.807) is 19.1 Å². The smallest absolute Gasteiger partial charge is 0.326 e. The molecule has 2 aliphatic rings. The summed E-state index contributed by atoms with van der Waals surface area (Å²) in [4.78, 5) is 16.2. The number of anilines is 3. The number of nitrogens with zero attached hydrogens (tertiary/aromatic N) is 5. The molecule has 0 radical (unpaired) electrons. The Balaban J connectivity index is 1.34. The van der Waals surface area contributed by atoms with Gasteiger partial charge in [0.2, 0.25) is 5.75 Å². The zero-order valence-corrected chi connectivity index (χ0v) is 20.2. The molecule has 0 spiro atoms. The van der Waals surface area contributed by atoms with Crippen LogP contribution in [0, 0.1) is 18.6 Å². The Labute approximate surface area is 206 Å². The molecule has 11 heteroatoms. The monoisotopic (exact) mass is 494 g/mol. The maximum Gasteiger partial charge on any atom is 0.326 e. The van der Waals surface area contributed by atoms with Crippen molar-refractivity contribution in [3.8, 4) is 11.8 Å². The van der Waals surface area contributed by atoms with Crippen molar-refractivity contribution in [1.29, 1.82) is 0 Å². The number of rotatable bonds is 6. The van der Waals surface area contributed by atoms with Gasteiger partial charge in [-0.2, -0.15) is 15.1 Å². The van der Waals surface area contributed by atoms with Crippen molar-refractivity contribution in [1.82, 2.24) is 30.0 Å². The molecule has 6 rings (SSSR count). The summed E-state index contributed by atoms with van der Waals surface area (Å²) in [5, 5.41) is 10.9. The first-order valence-corrected chi connectivity index (χ1v) is 12.2. The summed E-state index contributed by atoms with van der Waals surface area (Å²) in [7, 11) is 2.07. The summed E-state index contributed by atoms with van der Waals surface area (Å²) in [6.45, 7) is 5.05. The van der Waals surface area contributed by atoms with Gasteiger partial charge >= 0.3 is 6.01 Å². The molecule has 0 bridgehead atoms. The molecule has 9 nitrogen and oxygen atoms in total. The Morgan fingerprint density at radius 1 is 1.03 bits per heavy atom. The van der Waals surface area contributed by atoms with Crippen LogP contribution < -0.4 is 15.0 Å². The Bertz CT molecular complexity index is 1400. The standard InChI is InChI=1S/C25H28F2N8O/c1-14-10-16-19(28-14)11-17(26)24(23(16)27)36-25-30-20(13-22(31-25)35-8-6-34(2)7-9-35)29-21-12-18(32-33-21)15-4-3-5-15/h10-13,15,28H,3-9H2,1-2H3,(H2,29,30,31,32,33). The van der Waals surface area contributed by atoms with Gasteiger partial charge in [-0.15, -0.1) is 0 Å². The van der Waals surface area contributed by atoms with Gasteiger partial charge in [-0.25, -0.2) is 8.78 Å². The average Bonchev–Trinajstić information content (AvgIpc) is 3.41. The highest BCUT2D eigenvalue weighted by atomic mass is 19.1. The third-order valence-electron chi connectivity index (χ3n) is 7.02. The van der Waals surface area contributed by atoms with Crippen LogP contribution in [0.5, 0.6) is 11.8 Å². The van der Waals surface area contributed by atoms with Crippen molar-refractivity contribution in [2.75, 3.05) is 43.4 Å². The number of halogens is 2. The van der Waals surface area contributed by atoms with Crippen LogP contribution in [0.15, 0.2) is 24.3 Å². The summed E-state index contributed by atoms with van der Waals surface area (Å²) in [6.07, 6.45) is 3.54.